The van der Waals surface area contributed by atoms with Crippen molar-refractivity contribution < 1.29 is 4.74 Å². The highest BCUT2D eigenvalue weighted by atomic mass is 16.5. The van der Waals surface area contributed by atoms with Crippen LogP contribution in [0.15, 0.2) is 12.4 Å². The van der Waals surface area contributed by atoms with Crippen LogP contribution in [0, 0.1) is 5.92 Å². The monoisotopic (exact) mass is 278 g/mol. The fourth-order valence-corrected chi connectivity index (χ4v) is 3.49. The van der Waals surface area contributed by atoms with Crippen LogP contribution in [0.5, 0.6) is 0 Å². The first-order valence-corrected chi connectivity index (χ1v) is 7.95. The smallest absolute Gasteiger partial charge is 0.203 e. The summed E-state index contributed by atoms with van der Waals surface area (Å²) >= 11 is 0. The van der Waals surface area contributed by atoms with Gasteiger partial charge in [0, 0.05) is 38.7 Å². The van der Waals surface area contributed by atoms with Gasteiger partial charge in [-0.1, -0.05) is 0 Å². The van der Waals surface area contributed by atoms with Gasteiger partial charge in [-0.25, -0.2) is 4.98 Å². The standard InChI is InChI=1S/C15H26N4O/c1-2-20-11-3-6-16-15-17-7-10-19(15)14-12-18-8-4-13(14)5-9-18/h7,10,13-14H,2-6,8-9,11-12H2,1H3,(H,16,17). The number of anilines is 1. The predicted octanol–water partition coefficient (Wildman–Crippen LogP) is 1.99. The second-order valence-electron chi connectivity index (χ2n) is 5.84. The first-order valence-electron chi connectivity index (χ1n) is 7.95. The molecule has 0 spiro atoms. The minimum absolute atomic E-state index is 0.606. The van der Waals surface area contributed by atoms with E-state index in [1.807, 2.05) is 13.1 Å². The number of imidazole rings is 1. The molecule has 0 saturated carbocycles. The van der Waals surface area contributed by atoms with Crippen LogP contribution in [-0.4, -0.2) is 53.8 Å². The molecule has 112 valence electrons. The van der Waals surface area contributed by atoms with Crippen LogP contribution in [0.3, 0.4) is 0 Å². The van der Waals surface area contributed by atoms with Gasteiger partial charge in [0.05, 0.1) is 6.04 Å². The molecule has 1 aromatic heterocycles. The molecular weight excluding hydrogens is 252 g/mol. The number of hydrogen-bond donors (Lipinski definition) is 1. The van der Waals surface area contributed by atoms with Gasteiger partial charge in [0.25, 0.3) is 0 Å². The molecule has 1 atom stereocenters. The Hall–Kier alpha value is -1.07. The summed E-state index contributed by atoms with van der Waals surface area (Å²) in [6.07, 6.45) is 7.76. The zero-order valence-electron chi connectivity index (χ0n) is 12.4. The highest BCUT2D eigenvalue weighted by molar-refractivity contribution is 5.27. The van der Waals surface area contributed by atoms with E-state index in [4.69, 9.17) is 4.74 Å². The van der Waals surface area contributed by atoms with Crippen molar-refractivity contribution in [2.75, 3.05) is 44.7 Å². The van der Waals surface area contributed by atoms with Crippen LogP contribution in [0.4, 0.5) is 5.95 Å². The van der Waals surface area contributed by atoms with Crippen molar-refractivity contribution in [3.63, 3.8) is 0 Å². The lowest BCUT2D eigenvalue weighted by Gasteiger charge is -2.45. The number of rotatable bonds is 7. The van der Waals surface area contributed by atoms with Crippen molar-refractivity contribution in [2.45, 2.75) is 32.2 Å². The maximum absolute atomic E-state index is 5.37. The second kappa shape index (κ2) is 6.59. The van der Waals surface area contributed by atoms with E-state index in [1.165, 1.54) is 32.5 Å². The van der Waals surface area contributed by atoms with Gasteiger partial charge in [-0.15, -0.1) is 0 Å². The molecule has 1 unspecified atom stereocenters. The SMILES string of the molecule is CCOCCCNc1nccn1C1CN2CCC1CC2. The van der Waals surface area contributed by atoms with Crippen molar-refractivity contribution in [1.29, 1.82) is 0 Å². The number of ether oxygens (including phenoxy) is 1. The number of fused-ring (bicyclic) bond motifs is 3. The lowest BCUT2D eigenvalue weighted by Crippen LogP contribution is -2.48. The third-order valence-electron chi connectivity index (χ3n) is 4.60. The molecule has 1 N–H and O–H groups in total. The van der Waals surface area contributed by atoms with Crippen LogP contribution in [0.25, 0.3) is 0 Å². The summed E-state index contributed by atoms with van der Waals surface area (Å²) in [7, 11) is 0. The van der Waals surface area contributed by atoms with Crippen LogP contribution < -0.4 is 5.32 Å². The quantitative estimate of drug-likeness (QED) is 0.775. The van der Waals surface area contributed by atoms with Gasteiger partial charge in [0.15, 0.2) is 0 Å². The molecule has 3 aliphatic rings. The maximum atomic E-state index is 5.37. The third kappa shape index (κ3) is 2.99. The van der Waals surface area contributed by atoms with E-state index >= 15 is 0 Å². The number of hydrogen-bond acceptors (Lipinski definition) is 4. The summed E-state index contributed by atoms with van der Waals surface area (Å²) in [5.41, 5.74) is 0. The zero-order valence-corrected chi connectivity index (χ0v) is 12.4. The Morgan fingerprint density at radius 3 is 2.95 bits per heavy atom. The first kappa shape index (κ1) is 13.9. The molecule has 4 rings (SSSR count). The molecule has 3 fully saturated rings. The zero-order chi connectivity index (χ0) is 13.8. The van der Waals surface area contributed by atoms with Crippen molar-refractivity contribution in [2.24, 2.45) is 5.92 Å². The Kier molecular flexibility index (Phi) is 4.58. The van der Waals surface area contributed by atoms with Crippen LogP contribution >= 0.6 is 0 Å². The van der Waals surface area contributed by atoms with Gasteiger partial charge in [-0.05, 0) is 45.2 Å². The van der Waals surface area contributed by atoms with Gasteiger partial charge < -0.3 is 19.5 Å². The van der Waals surface area contributed by atoms with E-state index in [9.17, 15) is 0 Å². The molecule has 3 saturated heterocycles. The Labute approximate surface area is 121 Å². The molecule has 20 heavy (non-hydrogen) atoms. The first-order chi connectivity index (χ1) is 9.88. The Morgan fingerprint density at radius 1 is 1.40 bits per heavy atom. The predicted molar refractivity (Wildman–Crippen MR) is 80.0 cm³/mol. The van der Waals surface area contributed by atoms with Crippen LogP contribution in [0.1, 0.15) is 32.2 Å². The molecule has 0 amide bonds. The molecule has 0 aromatic carbocycles. The van der Waals surface area contributed by atoms with E-state index in [1.54, 1.807) is 0 Å². The highest BCUT2D eigenvalue weighted by Crippen LogP contribution is 2.36. The van der Waals surface area contributed by atoms with Gasteiger partial charge in [0.1, 0.15) is 0 Å². The maximum Gasteiger partial charge on any atom is 0.203 e. The summed E-state index contributed by atoms with van der Waals surface area (Å²) in [5, 5.41) is 3.46. The number of nitrogens with one attached hydrogen (secondary N) is 1. The van der Waals surface area contributed by atoms with E-state index < -0.39 is 0 Å². The minimum Gasteiger partial charge on any atom is -0.382 e. The fourth-order valence-electron chi connectivity index (χ4n) is 3.49. The van der Waals surface area contributed by atoms with E-state index in [-0.39, 0.29) is 0 Å². The lowest BCUT2D eigenvalue weighted by atomic mass is 9.84. The summed E-state index contributed by atoms with van der Waals surface area (Å²) in [5.74, 6) is 1.86. The fraction of sp³-hybridized carbons (Fsp3) is 0.800. The summed E-state index contributed by atoms with van der Waals surface area (Å²) in [4.78, 5) is 7.07. The Bertz CT molecular complexity index is 412. The molecule has 3 aliphatic heterocycles. The summed E-state index contributed by atoms with van der Waals surface area (Å²) in [6, 6.07) is 0.606. The Morgan fingerprint density at radius 2 is 2.25 bits per heavy atom. The average Bonchev–Trinajstić information content (AvgIpc) is 2.96. The average molecular weight is 278 g/mol. The highest BCUT2D eigenvalue weighted by Gasteiger charge is 2.35. The molecule has 0 radical (unpaired) electrons. The molecule has 4 heterocycles. The van der Waals surface area contributed by atoms with E-state index in [0.29, 0.717) is 6.04 Å². The number of nitrogens with zero attached hydrogens (tertiary/aromatic N) is 3. The van der Waals surface area contributed by atoms with Crippen molar-refractivity contribution in [3.05, 3.63) is 12.4 Å². The molecule has 1 aromatic rings. The summed E-state index contributed by atoms with van der Waals surface area (Å²) in [6.45, 7) is 8.35. The molecule has 5 heteroatoms. The molecular formula is C15H26N4O. The Balaban J connectivity index is 1.56. The number of aromatic nitrogens is 2. The summed E-state index contributed by atoms with van der Waals surface area (Å²) < 4.78 is 7.72. The molecule has 5 nitrogen and oxygen atoms in total. The van der Waals surface area contributed by atoms with Crippen LogP contribution in [-0.2, 0) is 4.74 Å². The van der Waals surface area contributed by atoms with Crippen molar-refractivity contribution in [1.82, 2.24) is 14.5 Å². The molecule has 2 bridgehead atoms. The van der Waals surface area contributed by atoms with Gasteiger partial charge >= 0.3 is 0 Å². The third-order valence-corrected chi connectivity index (χ3v) is 4.60. The topological polar surface area (TPSA) is 42.3 Å². The van der Waals surface area contributed by atoms with E-state index in [2.05, 4.69) is 26.0 Å². The van der Waals surface area contributed by atoms with Crippen molar-refractivity contribution >= 4 is 5.95 Å². The van der Waals surface area contributed by atoms with Crippen molar-refractivity contribution in [3.8, 4) is 0 Å². The van der Waals surface area contributed by atoms with Crippen LogP contribution in [0.2, 0.25) is 0 Å². The largest absolute Gasteiger partial charge is 0.382 e. The van der Waals surface area contributed by atoms with Gasteiger partial charge in [-0.3, -0.25) is 0 Å². The molecule has 0 aliphatic carbocycles. The minimum atomic E-state index is 0.606. The second-order valence-corrected chi connectivity index (χ2v) is 5.84. The number of piperidine rings is 3. The normalized spacial score (nSPS) is 28.8. The van der Waals surface area contributed by atoms with Gasteiger partial charge in [0.2, 0.25) is 5.95 Å². The van der Waals surface area contributed by atoms with E-state index in [0.717, 1.165) is 38.0 Å². The van der Waals surface area contributed by atoms with Gasteiger partial charge in [-0.2, -0.15) is 0 Å². The lowest BCUT2D eigenvalue weighted by molar-refractivity contribution is 0.0579.